The van der Waals surface area contributed by atoms with Crippen LogP contribution in [0.15, 0.2) is 30.3 Å². The Hall–Kier alpha value is -2.83. The molecule has 2 aromatic rings. The Bertz CT molecular complexity index is 843. The molecule has 2 aliphatic heterocycles. The van der Waals surface area contributed by atoms with E-state index < -0.39 is 0 Å². The first kappa shape index (κ1) is 16.4. The number of benzene rings is 1. The summed E-state index contributed by atoms with van der Waals surface area (Å²) in [6.07, 6.45) is 3.32. The van der Waals surface area contributed by atoms with Crippen molar-refractivity contribution in [2.45, 2.75) is 19.3 Å². The molecular formula is C20H22N4O3. The number of anilines is 1. The molecule has 1 amide bonds. The van der Waals surface area contributed by atoms with Crippen LogP contribution in [0.4, 0.5) is 5.82 Å². The molecule has 3 aliphatic rings. The highest BCUT2D eigenvalue weighted by Gasteiger charge is 2.31. The number of rotatable bonds is 3. The molecule has 0 N–H and O–H groups in total. The lowest BCUT2D eigenvalue weighted by Crippen LogP contribution is -2.51. The molecule has 0 spiro atoms. The highest BCUT2D eigenvalue weighted by molar-refractivity contribution is 5.79. The fourth-order valence-corrected chi connectivity index (χ4v) is 3.77. The molecule has 3 heterocycles. The summed E-state index contributed by atoms with van der Waals surface area (Å²) in [5, 5.41) is 8.79. The number of piperazine rings is 1. The molecule has 1 saturated heterocycles. The minimum Gasteiger partial charge on any atom is -0.454 e. The lowest BCUT2D eigenvalue weighted by molar-refractivity contribution is -0.138. The molecule has 2 fully saturated rings. The van der Waals surface area contributed by atoms with Crippen LogP contribution in [0, 0.1) is 5.92 Å². The van der Waals surface area contributed by atoms with E-state index in [4.69, 9.17) is 9.47 Å². The first-order valence-electron chi connectivity index (χ1n) is 9.55. The molecular weight excluding hydrogens is 344 g/mol. The number of nitrogens with zero attached hydrogens (tertiary/aromatic N) is 4. The van der Waals surface area contributed by atoms with Gasteiger partial charge < -0.3 is 19.3 Å². The Morgan fingerprint density at radius 1 is 0.963 bits per heavy atom. The summed E-state index contributed by atoms with van der Waals surface area (Å²) in [5.74, 6) is 2.97. The Morgan fingerprint density at radius 2 is 1.78 bits per heavy atom. The molecule has 1 saturated carbocycles. The van der Waals surface area contributed by atoms with Gasteiger partial charge in [0.1, 0.15) is 0 Å². The van der Waals surface area contributed by atoms with Crippen molar-refractivity contribution in [3.63, 3.8) is 0 Å². The third kappa shape index (κ3) is 3.07. The summed E-state index contributed by atoms with van der Waals surface area (Å²) in [6, 6.07) is 9.76. The number of ether oxygens (including phenoxy) is 2. The quantitative estimate of drug-likeness (QED) is 0.831. The van der Waals surface area contributed by atoms with Crippen molar-refractivity contribution in [2.75, 3.05) is 37.9 Å². The van der Waals surface area contributed by atoms with Crippen molar-refractivity contribution >= 4 is 11.7 Å². The maximum Gasteiger partial charge on any atom is 0.231 e. The predicted octanol–water partition coefficient (Wildman–Crippen LogP) is 2.32. The van der Waals surface area contributed by atoms with Crippen molar-refractivity contribution in [3.8, 4) is 22.8 Å². The molecule has 27 heavy (non-hydrogen) atoms. The fourth-order valence-electron chi connectivity index (χ4n) is 3.77. The van der Waals surface area contributed by atoms with Crippen molar-refractivity contribution < 1.29 is 14.3 Å². The Morgan fingerprint density at radius 3 is 2.48 bits per heavy atom. The first-order chi connectivity index (χ1) is 13.3. The van der Waals surface area contributed by atoms with Gasteiger partial charge in [0.25, 0.3) is 0 Å². The summed E-state index contributed by atoms with van der Waals surface area (Å²) in [4.78, 5) is 16.6. The van der Waals surface area contributed by atoms with Gasteiger partial charge >= 0.3 is 0 Å². The van der Waals surface area contributed by atoms with Gasteiger partial charge in [-0.15, -0.1) is 10.2 Å². The van der Waals surface area contributed by atoms with Gasteiger partial charge in [-0.3, -0.25) is 4.79 Å². The minimum atomic E-state index is 0.263. The van der Waals surface area contributed by atoms with Crippen LogP contribution in [0.5, 0.6) is 11.5 Å². The van der Waals surface area contributed by atoms with E-state index in [1.807, 2.05) is 35.2 Å². The second kappa shape index (κ2) is 6.72. The lowest BCUT2D eigenvalue weighted by Gasteiger charge is -2.38. The second-order valence-corrected chi connectivity index (χ2v) is 7.28. The molecule has 140 valence electrons. The lowest BCUT2D eigenvalue weighted by atomic mass is 9.84. The van der Waals surface area contributed by atoms with Crippen molar-refractivity contribution in [1.29, 1.82) is 0 Å². The van der Waals surface area contributed by atoms with Crippen molar-refractivity contribution in [1.82, 2.24) is 15.1 Å². The van der Waals surface area contributed by atoms with Crippen LogP contribution in [0.2, 0.25) is 0 Å². The van der Waals surface area contributed by atoms with E-state index in [9.17, 15) is 4.79 Å². The van der Waals surface area contributed by atoms with Crippen LogP contribution < -0.4 is 14.4 Å². The average Bonchev–Trinajstić information content (AvgIpc) is 3.15. The standard InChI is InChI=1S/C20H22N4O3/c25-20(14-2-1-3-14)24-10-8-23(9-11-24)19-7-5-16(21-22-19)15-4-6-17-18(12-15)27-13-26-17/h4-7,12,14H,1-3,8-11,13H2. The summed E-state index contributed by atoms with van der Waals surface area (Å²) in [6.45, 7) is 3.40. The fraction of sp³-hybridized carbons (Fsp3) is 0.450. The topological polar surface area (TPSA) is 67.8 Å². The zero-order valence-electron chi connectivity index (χ0n) is 15.1. The van der Waals surface area contributed by atoms with Gasteiger partial charge in [-0.05, 0) is 43.2 Å². The highest BCUT2D eigenvalue weighted by Crippen LogP contribution is 2.35. The van der Waals surface area contributed by atoms with Crippen LogP contribution in [-0.4, -0.2) is 54.0 Å². The molecule has 7 heteroatoms. The number of amides is 1. The summed E-state index contributed by atoms with van der Waals surface area (Å²) < 4.78 is 10.8. The van der Waals surface area contributed by atoms with E-state index in [2.05, 4.69) is 15.1 Å². The van der Waals surface area contributed by atoms with Crippen molar-refractivity contribution in [3.05, 3.63) is 30.3 Å². The predicted molar refractivity (Wildman–Crippen MR) is 99.7 cm³/mol. The second-order valence-electron chi connectivity index (χ2n) is 7.28. The van der Waals surface area contributed by atoms with Crippen LogP contribution in [-0.2, 0) is 4.79 Å². The maximum atomic E-state index is 12.4. The SMILES string of the molecule is O=C(C1CCC1)N1CCN(c2ccc(-c3ccc4c(c3)OCO4)nn2)CC1. The molecule has 5 rings (SSSR count). The molecule has 7 nitrogen and oxygen atoms in total. The first-order valence-corrected chi connectivity index (χ1v) is 9.55. The summed E-state index contributed by atoms with van der Waals surface area (Å²) in [5.41, 5.74) is 1.75. The third-order valence-electron chi connectivity index (χ3n) is 5.69. The minimum absolute atomic E-state index is 0.263. The van der Waals surface area contributed by atoms with E-state index in [0.717, 1.165) is 67.6 Å². The normalized spacial score (nSPS) is 19.1. The number of aromatic nitrogens is 2. The van der Waals surface area contributed by atoms with E-state index >= 15 is 0 Å². The Balaban J connectivity index is 1.24. The van der Waals surface area contributed by atoms with Crippen LogP contribution in [0.25, 0.3) is 11.3 Å². The van der Waals surface area contributed by atoms with Gasteiger partial charge in [-0.2, -0.15) is 0 Å². The van der Waals surface area contributed by atoms with Gasteiger partial charge in [0.15, 0.2) is 17.3 Å². The van der Waals surface area contributed by atoms with Crippen LogP contribution >= 0.6 is 0 Å². The third-order valence-corrected chi connectivity index (χ3v) is 5.69. The van der Waals surface area contributed by atoms with Crippen LogP contribution in [0.3, 0.4) is 0 Å². The van der Waals surface area contributed by atoms with Gasteiger partial charge in [-0.25, -0.2) is 0 Å². The molecule has 1 aromatic heterocycles. The maximum absolute atomic E-state index is 12.4. The highest BCUT2D eigenvalue weighted by atomic mass is 16.7. The number of hydrogen-bond acceptors (Lipinski definition) is 6. The van der Waals surface area contributed by atoms with E-state index in [-0.39, 0.29) is 12.7 Å². The van der Waals surface area contributed by atoms with Gasteiger partial charge in [-0.1, -0.05) is 6.42 Å². The average molecular weight is 366 g/mol. The number of carbonyl (C=O) groups excluding carboxylic acids is 1. The summed E-state index contributed by atoms with van der Waals surface area (Å²) in [7, 11) is 0. The Kier molecular flexibility index (Phi) is 4.07. The largest absolute Gasteiger partial charge is 0.454 e. The molecule has 0 radical (unpaired) electrons. The Labute approximate surface area is 157 Å². The number of carbonyl (C=O) groups is 1. The summed E-state index contributed by atoms with van der Waals surface area (Å²) >= 11 is 0. The van der Waals surface area contributed by atoms with E-state index in [1.54, 1.807) is 0 Å². The molecule has 1 aliphatic carbocycles. The monoisotopic (exact) mass is 366 g/mol. The van der Waals surface area contributed by atoms with E-state index in [0.29, 0.717) is 5.91 Å². The molecule has 0 atom stereocenters. The van der Waals surface area contributed by atoms with E-state index in [1.165, 1.54) is 6.42 Å². The van der Waals surface area contributed by atoms with Gasteiger partial charge in [0, 0.05) is 37.7 Å². The van der Waals surface area contributed by atoms with Crippen molar-refractivity contribution in [2.24, 2.45) is 5.92 Å². The van der Waals surface area contributed by atoms with Gasteiger partial charge in [0.2, 0.25) is 12.7 Å². The molecule has 1 aromatic carbocycles. The zero-order valence-corrected chi connectivity index (χ0v) is 15.1. The van der Waals surface area contributed by atoms with Gasteiger partial charge in [0.05, 0.1) is 5.69 Å². The molecule has 0 unspecified atom stereocenters. The number of fused-ring (bicyclic) bond motifs is 1. The zero-order chi connectivity index (χ0) is 18.2. The smallest absolute Gasteiger partial charge is 0.231 e. The van der Waals surface area contributed by atoms with Crippen LogP contribution in [0.1, 0.15) is 19.3 Å². The molecule has 0 bridgehead atoms. The number of hydrogen-bond donors (Lipinski definition) is 0.